The lowest BCUT2D eigenvalue weighted by molar-refractivity contribution is -0.137. The molecule has 1 N–H and O–H groups in total. The molecule has 0 radical (unpaired) electrons. The predicted molar refractivity (Wildman–Crippen MR) is 55.2 cm³/mol. The van der Waals surface area contributed by atoms with E-state index in [2.05, 4.69) is 10.1 Å². The maximum Gasteiger partial charge on any atom is 0.416 e. The maximum absolute atomic E-state index is 12.2. The van der Waals surface area contributed by atoms with Crippen molar-refractivity contribution >= 4 is 5.91 Å². The summed E-state index contributed by atoms with van der Waals surface area (Å²) in [5, 5.41) is 2.51. The molecule has 0 atom stereocenters. The summed E-state index contributed by atoms with van der Waals surface area (Å²) in [4.78, 5) is 11.0. The van der Waals surface area contributed by atoms with Crippen molar-refractivity contribution in [2.75, 3.05) is 13.7 Å². The topological polar surface area (TPSA) is 38.3 Å². The largest absolute Gasteiger partial charge is 0.416 e. The molecule has 1 aromatic carbocycles. The molecule has 0 fully saturated rings. The number of carbonyl (C=O) groups excluding carboxylic acids is 1. The molecule has 0 heterocycles. The molecule has 0 aliphatic carbocycles. The molecule has 94 valence electrons. The zero-order valence-corrected chi connectivity index (χ0v) is 9.17. The lowest BCUT2D eigenvalue weighted by atomic mass is 10.1. The lowest BCUT2D eigenvalue weighted by Gasteiger charge is -2.08. The minimum absolute atomic E-state index is 0.0688. The molecule has 0 saturated carbocycles. The number of hydrogen-bond acceptors (Lipinski definition) is 2. The van der Waals surface area contributed by atoms with E-state index in [4.69, 9.17) is 0 Å². The normalized spacial score (nSPS) is 11.3. The van der Waals surface area contributed by atoms with Gasteiger partial charge in [0.15, 0.2) is 0 Å². The highest BCUT2D eigenvalue weighted by molar-refractivity contribution is 5.77. The van der Waals surface area contributed by atoms with Gasteiger partial charge in [-0.1, -0.05) is 12.1 Å². The van der Waals surface area contributed by atoms with Crippen molar-refractivity contribution < 1.29 is 22.7 Å². The van der Waals surface area contributed by atoms with Crippen LogP contribution in [-0.2, 0) is 22.3 Å². The van der Waals surface area contributed by atoms with Gasteiger partial charge in [0.05, 0.1) is 5.56 Å². The smallest absolute Gasteiger partial charge is 0.375 e. The molecule has 0 saturated heterocycles. The van der Waals surface area contributed by atoms with Crippen LogP contribution in [0.5, 0.6) is 0 Å². The summed E-state index contributed by atoms with van der Waals surface area (Å²) in [6.07, 6.45) is -4.34. The fourth-order valence-corrected chi connectivity index (χ4v) is 1.19. The quantitative estimate of drug-likeness (QED) is 0.883. The van der Waals surface area contributed by atoms with Crippen molar-refractivity contribution in [3.8, 4) is 0 Å². The average Bonchev–Trinajstić information content (AvgIpc) is 2.26. The second kappa shape index (κ2) is 5.67. The number of alkyl halides is 3. The third-order valence-electron chi connectivity index (χ3n) is 2.05. The second-order valence-electron chi connectivity index (χ2n) is 3.40. The molecule has 3 nitrogen and oxygen atoms in total. The number of halogens is 3. The predicted octanol–water partition coefficient (Wildman–Crippen LogP) is 1.97. The number of methoxy groups -OCH3 is 1. The fraction of sp³-hybridized carbons (Fsp3) is 0.364. The van der Waals surface area contributed by atoms with Crippen LogP contribution in [0.25, 0.3) is 0 Å². The number of rotatable bonds is 4. The molecule has 0 aliphatic rings. The first kappa shape index (κ1) is 13.5. The Morgan fingerprint density at radius 2 is 1.88 bits per heavy atom. The van der Waals surface area contributed by atoms with Crippen LogP contribution in [0.1, 0.15) is 11.1 Å². The monoisotopic (exact) mass is 247 g/mol. The van der Waals surface area contributed by atoms with Crippen molar-refractivity contribution in [2.24, 2.45) is 0 Å². The minimum Gasteiger partial charge on any atom is -0.375 e. The van der Waals surface area contributed by atoms with Crippen LogP contribution >= 0.6 is 0 Å². The number of ether oxygens (including phenoxy) is 1. The zero-order valence-electron chi connectivity index (χ0n) is 9.17. The third-order valence-corrected chi connectivity index (χ3v) is 2.05. The SMILES string of the molecule is COCC(=O)NCc1ccc(C(F)(F)F)cc1. The molecular weight excluding hydrogens is 235 g/mol. The van der Waals surface area contributed by atoms with Gasteiger partial charge in [-0.05, 0) is 17.7 Å². The summed E-state index contributed by atoms with van der Waals surface area (Å²) in [5.41, 5.74) is -0.105. The first-order valence-electron chi connectivity index (χ1n) is 4.85. The summed E-state index contributed by atoms with van der Waals surface area (Å²) in [6, 6.07) is 4.63. The highest BCUT2D eigenvalue weighted by Crippen LogP contribution is 2.28. The van der Waals surface area contributed by atoms with Crippen LogP contribution in [0.4, 0.5) is 13.2 Å². The Balaban J connectivity index is 2.54. The molecule has 6 heteroatoms. The Labute approximate surface area is 96.6 Å². The van der Waals surface area contributed by atoms with E-state index in [0.29, 0.717) is 5.56 Å². The third kappa shape index (κ3) is 4.44. The molecule has 1 amide bonds. The van der Waals surface area contributed by atoms with E-state index < -0.39 is 11.7 Å². The van der Waals surface area contributed by atoms with Crippen LogP contribution in [0.2, 0.25) is 0 Å². The summed E-state index contributed by atoms with van der Waals surface area (Å²) in [5.74, 6) is -0.313. The van der Waals surface area contributed by atoms with Crippen molar-refractivity contribution in [1.82, 2.24) is 5.32 Å². The molecule has 1 aromatic rings. The van der Waals surface area contributed by atoms with Crippen LogP contribution in [0, 0.1) is 0 Å². The van der Waals surface area contributed by atoms with E-state index in [9.17, 15) is 18.0 Å². The van der Waals surface area contributed by atoms with Gasteiger partial charge in [-0.2, -0.15) is 13.2 Å². The van der Waals surface area contributed by atoms with E-state index in [1.807, 2.05) is 0 Å². The molecular formula is C11H12F3NO2. The number of carbonyl (C=O) groups is 1. The van der Waals surface area contributed by atoms with Gasteiger partial charge in [0.1, 0.15) is 6.61 Å². The van der Waals surface area contributed by atoms with Crippen molar-refractivity contribution in [3.05, 3.63) is 35.4 Å². The first-order valence-corrected chi connectivity index (χ1v) is 4.85. The van der Waals surface area contributed by atoms with Crippen molar-refractivity contribution in [3.63, 3.8) is 0 Å². The zero-order chi connectivity index (χ0) is 12.9. The van der Waals surface area contributed by atoms with Crippen LogP contribution < -0.4 is 5.32 Å². The minimum atomic E-state index is -4.34. The number of amides is 1. The van der Waals surface area contributed by atoms with Gasteiger partial charge in [-0.25, -0.2) is 0 Å². The second-order valence-corrected chi connectivity index (χ2v) is 3.40. The maximum atomic E-state index is 12.2. The summed E-state index contributed by atoms with van der Waals surface area (Å²) >= 11 is 0. The standard InChI is InChI=1S/C11H12F3NO2/c1-17-7-10(16)15-6-8-2-4-9(5-3-8)11(12,13)14/h2-5H,6-7H2,1H3,(H,15,16). The van der Waals surface area contributed by atoms with Crippen molar-refractivity contribution in [2.45, 2.75) is 12.7 Å². The van der Waals surface area contributed by atoms with Gasteiger partial charge >= 0.3 is 6.18 Å². The van der Waals surface area contributed by atoms with Crippen LogP contribution in [0.15, 0.2) is 24.3 Å². The molecule has 0 aliphatic heterocycles. The Morgan fingerprint density at radius 1 is 1.29 bits per heavy atom. The van der Waals surface area contributed by atoms with Crippen LogP contribution in [0.3, 0.4) is 0 Å². The van der Waals surface area contributed by atoms with Gasteiger partial charge in [0.25, 0.3) is 0 Å². The molecule has 17 heavy (non-hydrogen) atoms. The van der Waals surface area contributed by atoms with Gasteiger partial charge < -0.3 is 10.1 Å². The van der Waals surface area contributed by atoms with Gasteiger partial charge in [-0.3, -0.25) is 4.79 Å². The molecule has 0 unspecified atom stereocenters. The van der Waals surface area contributed by atoms with Gasteiger partial charge in [-0.15, -0.1) is 0 Å². The van der Waals surface area contributed by atoms with E-state index in [1.165, 1.54) is 19.2 Å². The number of benzene rings is 1. The van der Waals surface area contributed by atoms with E-state index in [0.717, 1.165) is 12.1 Å². The fourth-order valence-electron chi connectivity index (χ4n) is 1.19. The molecule has 0 aromatic heterocycles. The average molecular weight is 247 g/mol. The Bertz CT molecular complexity index is 373. The van der Waals surface area contributed by atoms with Gasteiger partial charge in [0, 0.05) is 13.7 Å². The number of nitrogens with one attached hydrogen (secondary N) is 1. The van der Waals surface area contributed by atoms with E-state index in [-0.39, 0.29) is 19.1 Å². The Hall–Kier alpha value is -1.56. The molecule has 0 bridgehead atoms. The number of hydrogen-bond donors (Lipinski definition) is 1. The van der Waals surface area contributed by atoms with Crippen molar-refractivity contribution in [1.29, 1.82) is 0 Å². The molecule has 1 rings (SSSR count). The summed E-state index contributed by atoms with van der Waals surface area (Å²) in [7, 11) is 1.39. The molecule has 0 spiro atoms. The summed E-state index contributed by atoms with van der Waals surface area (Å²) in [6.45, 7) is 0.112. The van der Waals surface area contributed by atoms with E-state index >= 15 is 0 Å². The first-order chi connectivity index (χ1) is 7.93. The lowest BCUT2D eigenvalue weighted by Crippen LogP contribution is -2.26. The highest BCUT2D eigenvalue weighted by Gasteiger charge is 2.29. The summed E-state index contributed by atoms with van der Waals surface area (Å²) < 4.78 is 41.3. The van der Waals surface area contributed by atoms with Crippen LogP contribution in [-0.4, -0.2) is 19.6 Å². The Kier molecular flexibility index (Phi) is 4.51. The van der Waals surface area contributed by atoms with Gasteiger partial charge in [0.2, 0.25) is 5.91 Å². The Morgan fingerprint density at radius 3 is 2.35 bits per heavy atom. The van der Waals surface area contributed by atoms with E-state index in [1.54, 1.807) is 0 Å². The highest BCUT2D eigenvalue weighted by atomic mass is 19.4.